The van der Waals surface area contributed by atoms with Crippen molar-refractivity contribution in [1.29, 1.82) is 0 Å². The molecule has 1 rings (SSSR count). The molecule has 0 fully saturated rings. The summed E-state index contributed by atoms with van der Waals surface area (Å²) >= 11 is 0. The number of hydrogen-bond acceptors (Lipinski definition) is 6. The number of hydrogen-bond donors (Lipinski definition) is 3. The van der Waals surface area contributed by atoms with Crippen molar-refractivity contribution in [2.45, 2.75) is 104 Å². The molecular formula is C27H44N2O6. The number of amides is 2. The molecule has 0 saturated carbocycles. The van der Waals surface area contributed by atoms with Gasteiger partial charge in [0.15, 0.2) is 5.75 Å². The third-order valence-corrected chi connectivity index (χ3v) is 5.78. The number of carbonyl (C=O) groups excluding carboxylic acids is 3. The minimum atomic E-state index is -0.901. The zero-order chi connectivity index (χ0) is 25.9. The van der Waals surface area contributed by atoms with Crippen LogP contribution in [0.2, 0.25) is 0 Å². The third kappa shape index (κ3) is 13.6. The van der Waals surface area contributed by atoms with Crippen LogP contribution in [0.5, 0.6) is 11.5 Å². The summed E-state index contributed by atoms with van der Waals surface area (Å²) in [6.07, 6.45) is 16.5. The summed E-state index contributed by atoms with van der Waals surface area (Å²) in [6.45, 7) is 3.76. The maximum atomic E-state index is 12.0. The van der Waals surface area contributed by atoms with Gasteiger partial charge in [-0.25, -0.2) is 4.79 Å². The number of rotatable bonds is 18. The molecule has 0 aliphatic heterocycles. The Balaban J connectivity index is 2.21. The van der Waals surface area contributed by atoms with E-state index in [2.05, 4.69) is 17.6 Å². The van der Waals surface area contributed by atoms with Crippen LogP contribution in [0.4, 0.5) is 10.5 Å². The van der Waals surface area contributed by atoms with E-state index in [9.17, 15) is 19.5 Å². The van der Waals surface area contributed by atoms with Gasteiger partial charge in [0.25, 0.3) is 5.91 Å². The van der Waals surface area contributed by atoms with Crippen molar-refractivity contribution >= 4 is 23.7 Å². The zero-order valence-corrected chi connectivity index (χ0v) is 21.7. The molecule has 0 saturated heterocycles. The summed E-state index contributed by atoms with van der Waals surface area (Å²) in [5.74, 6) is -1.46. The molecule has 2 amide bonds. The molecule has 0 bridgehead atoms. The molecule has 0 unspecified atom stereocenters. The molecular weight excluding hydrogens is 448 g/mol. The Kier molecular flexibility index (Phi) is 16.0. The highest BCUT2D eigenvalue weighted by Gasteiger charge is 2.18. The minimum absolute atomic E-state index is 0.0175. The number of ether oxygens (including phenoxy) is 2. The molecule has 1 aromatic carbocycles. The van der Waals surface area contributed by atoms with E-state index in [1.807, 2.05) is 0 Å². The maximum absolute atomic E-state index is 12.0. The molecule has 8 heteroatoms. The average Bonchev–Trinajstić information content (AvgIpc) is 2.82. The first-order valence-electron chi connectivity index (χ1n) is 13.1. The zero-order valence-electron chi connectivity index (χ0n) is 21.7. The van der Waals surface area contributed by atoms with Gasteiger partial charge in [0.05, 0.1) is 17.9 Å². The van der Waals surface area contributed by atoms with Gasteiger partial charge in [-0.05, 0) is 12.5 Å². The lowest BCUT2D eigenvalue weighted by Crippen LogP contribution is -2.19. The van der Waals surface area contributed by atoms with Gasteiger partial charge in [-0.3, -0.25) is 9.59 Å². The highest BCUT2D eigenvalue weighted by molar-refractivity contribution is 6.01. The van der Waals surface area contributed by atoms with Gasteiger partial charge in [0, 0.05) is 20.0 Å². The molecule has 0 aliphatic carbocycles. The van der Waals surface area contributed by atoms with E-state index in [1.54, 1.807) is 0 Å². The highest BCUT2D eigenvalue weighted by atomic mass is 16.7. The van der Waals surface area contributed by atoms with Gasteiger partial charge in [-0.2, -0.15) is 0 Å². The van der Waals surface area contributed by atoms with Crippen molar-refractivity contribution in [3.8, 4) is 11.5 Å². The second-order valence-electron chi connectivity index (χ2n) is 8.92. The molecule has 35 heavy (non-hydrogen) atoms. The number of phenolic OH excluding ortho intramolecular Hbond substituents is 1. The second-order valence-corrected chi connectivity index (χ2v) is 8.92. The molecule has 8 nitrogen and oxygen atoms in total. The van der Waals surface area contributed by atoms with Crippen LogP contribution in [0.15, 0.2) is 12.1 Å². The fourth-order valence-electron chi connectivity index (χ4n) is 3.84. The van der Waals surface area contributed by atoms with Crippen molar-refractivity contribution in [1.82, 2.24) is 5.32 Å². The fraction of sp³-hybridized carbons (Fsp3) is 0.667. The molecule has 0 heterocycles. The van der Waals surface area contributed by atoms with E-state index >= 15 is 0 Å². The van der Waals surface area contributed by atoms with Crippen molar-refractivity contribution in [3.05, 3.63) is 17.7 Å². The summed E-state index contributed by atoms with van der Waals surface area (Å²) in [4.78, 5) is 35.4. The SMILES string of the molecule is CCCCCCCCCCCCCCCCOC(=O)Oc1cc(NC(C)=O)c(O)c(C(=O)NC)c1. The largest absolute Gasteiger partial charge is 0.513 e. The smallest absolute Gasteiger partial charge is 0.505 e. The first-order chi connectivity index (χ1) is 16.9. The summed E-state index contributed by atoms with van der Waals surface area (Å²) in [5.41, 5.74) is -0.165. The Hall–Kier alpha value is -2.77. The van der Waals surface area contributed by atoms with E-state index in [-0.39, 0.29) is 23.6 Å². The first kappa shape index (κ1) is 30.3. The Labute approximate surface area is 210 Å². The number of anilines is 1. The van der Waals surface area contributed by atoms with Crippen molar-refractivity contribution < 1.29 is 29.0 Å². The van der Waals surface area contributed by atoms with Crippen LogP contribution >= 0.6 is 0 Å². The van der Waals surface area contributed by atoms with Crippen LogP contribution < -0.4 is 15.4 Å². The van der Waals surface area contributed by atoms with Crippen molar-refractivity contribution in [2.24, 2.45) is 0 Å². The Bertz CT molecular complexity index is 781. The third-order valence-electron chi connectivity index (χ3n) is 5.78. The van der Waals surface area contributed by atoms with Crippen LogP contribution in [-0.4, -0.2) is 36.7 Å². The van der Waals surface area contributed by atoms with E-state index in [1.165, 1.54) is 96.7 Å². The quantitative estimate of drug-likeness (QED) is 0.0908. The molecule has 0 radical (unpaired) electrons. The van der Waals surface area contributed by atoms with Gasteiger partial charge in [-0.1, -0.05) is 90.4 Å². The van der Waals surface area contributed by atoms with Gasteiger partial charge < -0.3 is 25.2 Å². The van der Waals surface area contributed by atoms with Gasteiger partial charge in [-0.15, -0.1) is 0 Å². The number of benzene rings is 1. The van der Waals surface area contributed by atoms with Crippen LogP contribution in [0.25, 0.3) is 0 Å². The second kappa shape index (κ2) is 18.5. The monoisotopic (exact) mass is 492 g/mol. The normalized spacial score (nSPS) is 10.6. The van der Waals surface area contributed by atoms with Gasteiger partial charge in [0.2, 0.25) is 5.91 Å². The Morgan fingerprint density at radius 2 is 1.34 bits per heavy atom. The predicted molar refractivity (Wildman–Crippen MR) is 138 cm³/mol. The highest BCUT2D eigenvalue weighted by Crippen LogP contribution is 2.33. The topological polar surface area (TPSA) is 114 Å². The number of unbranched alkanes of at least 4 members (excludes halogenated alkanes) is 13. The average molecular weight is 493 g/mol. The molecule has 0 aliphatic rings. The van der Waals surface area contributed by atoms with Crippen LogP contribution in [0.3, 0.4) is 0 Å². The van der Waals surface area contributed by atoms with E-state index in [0.29, 0.717) is 0 Å². The Morgan fingerprint density at radius 1 is 0.829 bits per heavy atom. The molecule has 0 atom stereocenters. The molecule has 198 valence electrons. The van der Waals surface area contributed by atoms with E-state index in [4.69, 9.17) is 9.47 Å². The van der Waals surface area contributed by atoms with Crippen LogP contribution in [0.1, 0.15) is 114 Å². The summed E-state index contributed by atoms with van der Waals surface area (Å²) < 4.78 is 10.3. The minimum Gasteiger partial charge on any atom is -0.505 e. The van der Waals surface area contributed by atoms with E-state index < -0.39 is 23.7 Å². The lowest BCUT2D eigenvalue weighted by atomic mass is 10.0. The molecule has 0 spiro atoms. The maximum Gasteiger partial charge on any atom is 0.513 e. The van der Waals surface area contributed by atoms with E-state index in [0.717, 1.165) is 19.3 Å². The molecule has 1 aromatic rings. The van der Waals surface area contributed by atoms with Crippen molar-refractivity contribution in [2.75, 3.05) is 19.0 Å². The van der Waals surface area contributed by atoms with Gasteiger partial charge in [0.1, 0.15) is 5.75 Å². The number of carbonyl (C=O) groups is 3. The fourth-order valence-corrected chi connectivity index (χ4v) is 3.84. The summed E-state index contributed by atoms with van der Waals surface area (Å²) in [6, 6.07) is 2.48. The number of nitrogens with one attached hydrogen (secondary N) is 2. The van der Waals surface area contributed by atoms with Crippen LogP contribution in [0, 0.1) is 0 Å². The number of phenols is 1. The summed E-state index contributed by atoms with van der Waals surface area (Å²) in [7, 11) is 1.40. The standard InChI is InChI=1S/C27H44N2O6/c1-4-5-6-7-8-9-10-11-12-13-14-15-16-17-18-34-27(33)35-22-19-23(26(32)28-3)25(31)24(20-22)29-21(2)30/h19-20,31H,4-18H2,1-3H3,(H,28,32)(H,29,30). The molecule has 0 aromatic heterocycles. The number of aromatic hydroxyl groups is 1. The van der Waals surface area contributed by atoms with Gasteiger partial charge >= 0.3 is 6.16 Å². The lowest BCUT2D eigenvalue weighted by molar-refractivity contribution is -0.114. The Morgan fingerprint density at radius 3 is 1.83 bits per heavy atom. The lowest BCUT2D eigenvalue weighted by Gasteiger charge is -2.12. The van der Waals surface area contributed by atoms with Crippen molar-refractivity contribution in [3.63, 3.8) is 0 Å². The summed E-state index contributed by atoms with van der Waals surface area (Å²) in [5, 5.41) is 15.0. The molecule has 3 N–H and O–H groups in total. The predicted octanol–water partition coefficient (Wildman–Crippen LogP) is 6.71. The first-order valence-corrected chi connectivity index (χ1v) is 13.1. The van der Waals surface area contributed by atoms with Crippen LogP contribution in [-0.2, 0) is 9.53 Å².